The predicted octanol–water partition coefficient (Wildman–Crippen LogP) is 4.70. The summed E-state index contributed by atoms with van der Waals surface area (Å²) in [5.41, 5.74) is 2.23. The highest BCUT2D eigenvalue weighted by molar-refractivity contribution is 9.10. The first kappa shape index (κ1) is 20.7. The predicted molar refractivity (Wildman–Crippen MR) is 116 cm³/mol. The van der Waals surface area contributed by atoms with Crippen LogP contribution in [0.1, 0.15) is 40.3 Å². The number of pyridine rings is 1. The molecule has 3 aromatic rings. The van der Waals surface area contributed by atoms with Gasteiger partial charge in [0.25, 0.3) is 5.91 Å². The maximum absolute atomic E-state index is 13.0. The third-order valence-corrected chi connectivity index (χ3v) is 6.25. The van der Waals surface area contributed by atoms with E-state index in [1.807, 2.05) is 32.0 Å². The maximum atomic E-state index is 13.0. The van der Waals surface area contributed by atoms with Crippen LogP contribution in [0.15, 0.2) is 50.6 Å². The second kappa shape index (κ2) is 9.09. The molecule has 1 N–H and O–H groups in total. The first-order valence-electron chi connectivity index (χ1n) is 9.41. The van der Waals surface area contributed by atoms with Crippen LogP contribution < -0.4 is 14.8 Å². The summed E-state index contributed by atoms with van der Waals surface area (Å²) in [4.78, 5) is 17.4. The SMILES string of the molecule is Cc1cc(CSc2ncccc2C(=O)NC(C)c2cc3c(cc2Br)OCCO3)no1. The molecule has 1 atom stereocenters. The summed E-state index contributed by atoms with van der Waals surface area (Å²) in [6.45, 7) is 4.81. The lowest BCUT2D eigenvalue weighted by atomic mass is 10.1. The third-order valence-electron chi connectivity index (χ3n) is 4.52. The van der Waals surface area contributed by atoms with E-state index in [9.17, 15) is 4.79 Å². The Labute approximate surface area is 186 Å². The topological polar surface area (TPSA) is 86.5 Å². The van der Waals surface area contributed by atoms with Crippen molar-refractivity contribution in [1.82, 2.24) is 15.5 Å². The Hall–Kier alpha value is -2.52. The van der Waals surface area contributed by atoms with Gasteiger partial charge in [0.2, 0.25) is 0 Å². The normalized spacial score (nSPS) is 13.7. The number of benzene rings is 1. The van der Waals surface area contributed by atoms with Crippen LogP contribution in [0.25, 0.3) is 0 Å². The number of hydrogen-bond donors (Lipinski definition) is 1. The Morgan fingerprint density at radius 1 is 1.27 bits per heavy atom. The maximum Gasteiger partial charge on any atom is 0.254 e. The molecule has 0 saturated carbocycles. The molecule has 0 fully saturated rings. The molecule has 3 heterocycles. The van der Waals surface area contributed by atoms with Crippen molar-refractivity contribution in [2.75, 3.05) is 13.2 Å². The minimum atomic E-state index is -0.251. The number of aromatic nitrogens is 2. The summed E-state index contributed by atoms with van der Waals surface area (Å²) >= 11 is 5.02. The van der Waals surface area contributed by atoms with Crippen LogP contribution in [0.5, 0.6) is 11.5 Å². The molecular formula is C21H20BrN3O4S. The number of thioether (sulfide) groups is 1. The van der Waals surface area contributed by atoms with E-state index in [0.717, 1.165) is 21.5 Å². The summed E-state index contributed by atoms with van der Waals surface area (Å²) in [5.74, 6) is 2.50. The molecule has 1 unspecified atom stereocenters. The Morgan fingerprint density at radius 3 is 2.77 bits per heavy atom. The molecule has 0 bridgehead atoms. The van der Waals surface area contributed by atoms with Gasteiger partial charge in [-0.15, -0.1) is 0 Å². The Bertz CT molecular complexity index is 1070. The van der Waals surface area contributed by atoms with Gasteiger partial charge in [-0.1, -0.05) is 32.8 Å². The van der Waals surface area contributed by atoms with Gasteiger partial charge < -0.3 is 19.3 Å². The number of nitrogens with one attached hydrogen (secondary N) is 1. The molecule has 156 valence electrons. The fraction of sp³-hybridized carbons (Fsp3) is 0.286. The van der Waals surface area contributed by atoms with E-state index >= 15 is 0 Å². The highest BCUT2D eigenvalue weighted by atomic mass is 79.9. The Morgan fingerprint density at radius 2 is 2.03 bits per heavy atom. The number of amides is 1. The zero-order valence-electron chi connectivity index (χ0n) is 16.5. The first-order chi connectivity index (χ1) is 14.5. The second-order valence-electron chi connectivity index (χ2n) is 6.79. The van der Waals surface area contributed by atoms with E-state index in [1.165, 1.54) is 11.8 Å². The lowest BCUT2D eigenvalue weighted by Crippen LogP contribution is -2.27. The average molecular weight is 490 g/mol. The van der Waals surface area contributed by atoms with E-state index in [4.69, 9.17) is 14.0 Å². The van der Waals surface area contributed by atoms with Crippen molar-refractivity contribution in [2.45, 2.75) is 30.7 Å². The number of hydrogen-bond acceptors (Lipinski definition) is 7. The number of rotatable bonds is 6. The van der Waals surface area contributed by atoms with Crippen molar-refractivity contribution in [2.24, 2.45) is 0 Å². The van der Waals surface area contributed by atoms with Gasteiger partial charge in [0.15, 0.2) is 11.5 Å². The minimum Gasteiger partial charge on any atom is -0.486 e. The molecule has 1 aliphatic rings. The quantitative estimate of drug-likeness (QED) is 0.502. The molecule has 7 nitrogen and oxygen atoms in total. The molecule has 0 spiro atoms. The summed E-state index contributed by atoms with van der Waals surface area (Å²) in [5, 5.41) is 7.68. The van der Waals surface area contributed by atoms with Crippen LogP contribution in [0, 0.1) is 6.92 Å². The summed E-state index contributed by atoms with van der Waals surface area (Å²) in [7, 11) is 0. The largest absolute Gasteiger partial charge is 0.486 e. The number of carbonyl (C=O) groups is 1. The fourth-order valence-electron chi connectivity index (χ4n) is 3.07. The number of carbonyl (C=O) groups excluding carboxylic acids is 1. The smallest absolute Gasteiger partial charge is 0.254 e. The van der Waals surface area contributed by atoms with Crippen molar-refractivity contribution in [3.05, 3.63) is 63.6 Å². The Balaban J connectivity index is 1.48. The molecule has 9 heteroatoms. The van der Waals surface area contributed by atoms with E-state index in [-0.39, 0.29) is 11.9 Å². The summed E-state index contributed by atoms with van der Waals surface area (Å²) in [6.07, 6.45) is 1.67. The van der Waals surface area contributed by atoms with E-state index in [2.05, 4.69) is 31.4 Å². The van der Waals surface area contributed by atoms with Gasteiger partial charge in [0, 0.05) is 22.5 Å². The molecule has 0 saturated heterocycles. The molecule has 30 heavy (non-hydrogen) atoms. The van der Waals surface area contributed by atoms with Crippen LogP contribution >= 0.6 is 27.7 Å². The molecule has 0 aliphatic carbocycles. The second-order valence-corrected chi connectivity index (χ2v) is 8.60. The lowest BCUT2D eigenvalue weighted by molar-refractivity contribution is 0.0936. The standard InChI is InChI=1S/C21H20BrN3O4S/c1-12-8-14(25-29-12)11-30-21-15(4-3-5-23-21)20(26)24-13(2)16-9-18-19(10-17(16)22)28-7-6-27-18/h3-5,8-10,13H,6-7,11H2,1-2H3,(H,24,26). The van der Waals surface area contributed by atoms with Crippen LogP contribution in [0.2, 0.25) is 0 Å². The fourth-order valence-corrected chi connectivity index (χ4v) is 4.61. The zero-order valence-corrected chi connectivity index (χ0v) is 18.9. The van der Waals surface area contributed by atoms with Gasteiger partial charge in [0.1, 0.15) is 24.0 Å². The van der Waals surface area contributed by atoms with E-state index in [1.54, 1.807) is 18.3 Å². The van der Waals surface area contributed by atoms with Crippen molar-refractivity contribution < 1.29 is 18.8 Å². The van der Waals surface area contributed by atoms with Crippen molar-refractivity contribution in [3.63, 3.8) is 0 Å². The highest BCUT2D eigenvalue weighted by Gasteiger charge is 2.21. The molecular weight excluding hydrogens is 470 g/mol. The van der Waals surface area contributed by atoms with Crippen molar-refractivity contribution >= 4 is 33.6 Å². The van der Waals surface area contributed by atoms with Crippen LogP contribution in [0.4, 0.5) is 0 Å². The van der Waals surface area contributed by atoms with Gasteiger partial charge in [-0.2, -0.15) is 0 Å². The molecule has 1 aromatic carbocycles. The highest BCUT2D eigenvalue weighted by Crippen LogP contribution is 2.38. The number of ether oxygens (including phenoxy) is 2. The van der Waals surface area contributed by atoms with Gasteiger partial charge >= 0.3 is 0 Å². The lowest BCUT2D eigenvalue weighted by Gasteiger charge is -2.22. The monoisotopic (exact) mass is 489 g/mol. The minimum absolute atomic E-state index is 0.198. The van der Waals surface area contributed by atoms with Gasteiger partial charge in [-0.3, -0.25) is 4.79 Å². The summed E-state index contributed by atoms with van der Waals surface area (Å²) < 4.78 is 17.2. The molecule has 4 rings (SSSR count). The van der Waals surface area contributed by atoms with Crippen LogP contribution in [0.3, 0.4) is 0 Å². The summed E-state index contributed by atoms with van der Waals surface area (Å²) in [6, 6.07) is 8.91. The Kier molecular flexibility index (Phi) is 6.29. The number of fused-ring (bicyclic) bond motifs is 1. The zero-order chi connectivity index (χ0) is 21.1. The van der Waals surface area contributed by atoms with Gasteiger partial charge in [-0.05, 0) is 43.7 Å². The molecule has 1 amide bonds. The van der Waals surface area contributed by atoms with Crippen LogP contribution in [-0.4, -0.2) is 29.3 Å². The third kappa shape index (κ3) is 4.62. The van der Waals surface area contributed by atoms with E-state index < -0.39 is 0 Å². The number of aryl methyl sites for hydroxylation is 1. The molecule has 2 aromatic heterocycles. The molecule has 0 radical (unpaired) electrons. The van der Waals surface area contributed by atoms with Crippen LogP contribution in [-0.2, 0) is 5.75 Å². The van der Waals surface area contributed by atoms with Crippen molar-refractivity contribution in [3.8, 4) is 11.5 Å². The number of halogens is 1. The van der Waals surface area contributed by atoms with Gasteiger partial charge in [-0.25, -0.2) is 4.98 Å². The van der Waals surface area contributed by atoms with Crippen molar-refractivity contribution in [1.29, 1.82) is 0 Å². The average Bonchev–Trinajstić information content (AvgIpc) is 3.17. The number of nitrogens with zero attached hydrogens (tertiary/aromatic N) is 2. The van der Waals surface area contributed by atoms with E-state index in [0.29, 0.717) is 41.1 Å². The first-order valence-corrected chi connectivity index (χ1v) is 11.2. The molecule has 1 aliphatic heterocycles. The van der Waals surface area contributed by atoms with Gasteiger partial charge in [0.05, 0.1) is 17.3 Å².